The average molecular weight is 264 g/mol. The molecule has 0 aliphatic heterocycles. The molecule has 2 aromatic carbocycles. The van der Waals surface area contributed by atoms with E-state index < -0.39 is 0 Å². The summed E-state index contributed by atoms with van der Waals surface area (Å²) in [6.07, 6.45) is 0. The molecule has 0 fully saturated rings. The van der Waals surface area contributed by atoms with Gasteiger partial charge in [-0.25, -0.2) is 0 Å². The van der Waals surface area contributed by atoms with Crippen LogP contribution < -0.4 is 0 Å². The number of nitrogens with zero attached hydrogens (tertiary/aromatic N) is 2. The number of rotatable bonds is 2. The summed E-state index contributed by atoms with van der Waals surface area (Å²) >= 11 is 0. The molecule has 1 heterocycles. The fourth-order valence-corrected chi connectivity index (χ4v) is 2.50. The van der Waals surface area contributed by atoms with Crippen molar-refractivity contribution in [1.82, 2.24) is 9.78 Å². The third-order valence-corrected chi connectivity index (χ3v) is 3.38. The van der Waals surface area contributed by atoms with E-state index in [1.165, 1.54) is 5.56 Å². The van der Waals surface area contributed by atoms with Gasteiger partial charge in [-0.3, -0.25) is 4.68 Å². The molecular formula is C17H16N2O. The second-order valence-electron chi connectivity index (χ2n) is 4.91. The number of aromatic nitrogens is 2. The van der Waals surface area contributed by atoms with Gasteiger partial charge in [-0.2, -0.15) is 0 Å². The quantitative estimate of drug-likeness (QED) is 0.765. The van der Waals surface area contributed by atoms with Crippen molar-refractivity contribution in [3.05, 3.63) is 60.2 Å². The number of benzene rings is 2. The molecular weight excluding hydrogens is 248 g/mol. The topological polar surface area (TPSA) is 38.1 Å². The molecule has 20 heavy (non-hydrogen) atoms. The van der Waals surface area contributed by atoms with Crippen LogP contribution in [-0.4, -0.2) is 14.9 Å². The van der Waals surface area contributed by atoms with E-state index in [-0.39, 0.29) is 5.88 Å². The lowest BCUT2D eigenvalue weighted by molar-refractivity contribution is 0.446. The summed E-state index contributed by atoms with van der Waals surface area (Å²) in [6.45, 7) is 2.06. The molecule has 0 saturated heterocycles. The van der Waals surface area contributed by atoms with Gasteiger partial charge in [0.05, 0.1) is 11.3 Å². The minimum absolute atomic E-state index is 0.0650. The van der Waals surface area contributed by atoms with Gasteiger partial charge in [0.25, 0.3) is 0 Å². The van der Waals surface area contributed by atoms with Gasteiger partial charge in [-0.1, -0.05) is 54.1 Å². The van der Waals surface area contributed by atoms with E-state index in [1.807, 2.05) is 49.5 Å². The van der Waals surface area contributed by atoms with Crippen LogP contribution in [0.2, 0.25) is 0 Å². The molecule has 0 spiro atoms. The maximum absolute atomic E-state index is 10.2. The van der Waals surface area contributed by atoms with Gasteiger partial charge < -0.3 is 5.11 Å². The van der Waals surface area contributed by atoms with E-state index in [0.717, 1.165) is 22.4 Å². The normalized spacial score (nSPS) is 10.7. The molecule has 0 saturated carbocycles. The molecule has 3 nitrogen and oxygen atoms in total. The lowest BCUT2D eigenvalue weighted by Gasteiger charge is -2.07. The summed E-state index contributed by atoms with van der Waals surface area (Å²) in [5.74, 6) is 0.0650. The number of aromatic hydroxyl groups is 1. The van der Waals surface area contributed by atoms with Gasteiger partial charge in [0.2, 0.25) is 5.88 Å². The lowest BCUT2D eigenvalue weighted by atomic mass is 10.00. The molecule has 3 heteroatoms. The molecule has 0 atom stereocenters. The van der Waals surface area contributed by atoms with Crippen LogP contribution in [0.4, 0.5) is 0 Å². The SMILES string of the molecule is Cc1cccc(-c2c(-c3ccccc3)c(O)nn2C)c1. The summed E-state index contributed by atoms with van der Waals surface area (Å²) in [7, 11) is 1.85. The minimum Gasteiger partial charge on any atom is -0.492 e. The second-order valence-corrected chi connectivity index (χ2v) is 4.91. The fourth-order valence-electron chi connectivity index (χ4n) is 2.50. The zero-order chi connectivity index (χ0) is 14.1. The Kier molecular flexibility index (Phi) is 3.03. The summed E-state index contributed by atoms with van der Waals surface area (Å²) in [6, 6.07) is 18.1. The first-order valence-corrected chi connectivity index (χ1v) is 6.55. The Balaban J connectivity index is 2.26. The van der Waals surface area contributed by atoms with Gasteiger partial charge in [0.1, 0.15) is 0 Å². The maximum atomic E-state index is 10.2. The van der Waals surface area contributed by atoms with Crippen LogP contribution >= 0.6 is 0 Å². The Morgan fingerprint density at radius 3 is 2.35 bits per heavy atom. The van der Waals surface area contributed by atoms with Crippen LogP contribution in [0.5, 0.6) is 5.88 Å². The molecule has 1 aromatic heterocycles. The van der Waals surface area contributed by atoms with Crippen LogP contribution in [0.15, 0.2) is 54.6 Å². The molecule has 0 bridgehead atoms. The van der Waals surface area contributed by atoms with E-state index in [2.05, 4.69) is 24.2 Å². The molecule has 0 aliphatic carbocycles. The van der Waals surface area contributed by atoms with Crippen molar-refractivity contribution < 1.29 is 5.11 Å². The van der Waals surface area contributed by atoms with Crippen molar-refractivity contribution in [2.24, 2.45) is 7.05 Å². The molecule has 0 amide bonds. The van der Waals surface area contributed by atoms with Gasteiger partial charge in [-0.05, 0) is 18.6 Å². The Morgan fingerprint density at radius 1 is 0.950 bits per heavy atom. The molecule has 0 aliphatic rings. The molecule has 100 valence electrons. The molecule has 3 aromatic rings. The van der Waals surface area contributed by atoms with Gasteiger partial charge in [0.15, 0.2) is 0 Å². The third-order valence-electron chi connectivity index (χ3n) is 3.38. The van der Waals surface area contributed by atoms with Crippen molar-refractivity contribution in [3.8, 4) is 28.3 Å². The first kappa shape index (κ1) is 12.5. The Morgan fingerprint density at radius 2 is 1.65 bits per heavy atom. The third kappa shape index (κ3) is 2.07. The van der Waals surface area contributed by atoms with Crippen molar-refractivity contribution >= 4 is 0 Å². The summed E-state index contributed by atoms with van der Waals surface area (Å²) in [5.41, 5.74) is 4.91. The number of hydrogen-bond acceptors (Lipinski definition) is 2. The second kappa shape index (κ2) is 4.85. The lowest BCUT2D eigenvalue weighted by Crippen LogP contribution is -1.94. The van der Waals surface area contributed by atoms with Crippen LogP contribution in [0.3, 0.4) is 0 Å². The van der Waals surface area contributed by atoms with Gasteiger partial charge >= 0.3 is 0 Å². The minimum atomic E-state index is 0.0650. The first-order valence-electron chi connectivity index (χ1n) is 6.55. The number of hydrogen-bond donors (Lipinski definition) is 1. The predicted molar refractivity (Wildman–Crippen MR) is 80.5 cm³/mol. The van der Waals surface area contributed by atoms with E-state index >= 15 is 0 Å². The first-order chi connectivity index (χ1) is 9.66. The van der Waals surface area contributed by atoms with E-state index in [9.17, 15) is 5.11 Å². The van der Waals surface area contributed by atoms with Crippen molar-refractivity contribution in [3.63, 3.8) is 0 Å². The fraction of sp³-hybridized carbons (Fsp3) is 0.118. The summed E-state index contributed by atoms with van der Waals surface area (Å²) < 4.78 is 1.73. The van der Waals surface area contributed by atoms with Crippen LogP contribution in [0, 0.1) is 6.92 Å². The van der Waals surface area contributed by atoms with E-state index in [0.29, 0.717) is 0 Å². The van der Waals surface area contributed by atoms with Gasteiger partial charge in [0, 0.05) is 12.6 Å². The zero-order valence-corrected chi connectivity index (χ0v) is 11.5. The van der Waals surface area contributed by atoms with Crippen LogP contribution in [-0.2, 0) is 7.05 Å². The molecule has 0 unspecified atom stereocenters. The largest absolute Gasteiger partial charge is 0.492 e. The standard InChI is InChI=1S/C17H16N2O/c1-12-7-6-10-14(11-12)16-15(17(20)18-19(16)2)13-8-4-3-5-9-13/h3-11H,1-2H3,(H,18,20). The monoisotopic (exact) mass is 264 g/mol. The van der Waals surface area contributed by atoms with E-state index in [4.69, 9.17) is 0 Å². The Bertz CT molecular complexity index is 745. The smallest absolute Gasteiger partial charge is 0.238 e. The summed E-state index contributed by atoms with van der Waals surface area (Å²) in [5, 5.41) is 14.3. The molecule has 3 rings (SSSR count). The highest BCUT2D eigenvalue weighted by atomic mass is 16.3. The zero-order valence-electron chi connectivity index (χ0n) is 11.5. The highest BCUT2D eigenvalue weighted by Gasteiger charge is 2.18. The summed E-state index contributed by atoms with van der Waals surface area (Å²) in [4.78, 5) is 0. The van der Waals surface area contributed by atoms with Crippen molar-refractivity contribution in [2.45, 2.75) is 6.92 Å². The Hall–Kier alpha value is -2.55. The van der Waals surface area contributed by atoms with Crippen molar-refractivity contribution in [1.29, 1.82) is 0 Å². The predicted octanol–water partition coefficient (Wildman–Crippen LogP) is 3.77. The average Bonchev–Trinajstić information content (AvgIpc) is 2.74. The maximum Gasteiger partial charge on any atom is 0.238 e. The molecule has 0 radical (unpaired) electrons. The van der Waals surface area contributed by atoms with Crippen molar-refractivity contribution in [2.75, 3.05) is 0 Å². The highest BCUT2D eigenvalue weighted by molar-refractivity contribution is 5.84. The van der Waals surface area contributed by atoms with E-state index in [1.54, 1.807) is 4.68 Å². The number of aryl methyl sites for hydroxylation is 2. The van der Waals surface area contributed by atoms with Gasteiger partial charge in [-0.15, -0.1) is 5.10 Å². The van der Waals surface area contributed by atoms with Crippen LogP contribution in [0.1, 0.15) is 5.56 Å². The molecule has 1 N–H and O–H groups in total. The Labute approximate surface area is 118 Å². The van der Waals surface area contributed by atoms with Crippen LogP contribution in [0.25, 0.3) is 22.4 Å². The highest BCUT2D eigenvalue weighted by Crippen LogP contribution is 2.38.